The number of hydrogen-bond donors (Lipinski definition) is 1. The predicted octanol–water partition coefficient (Wildman–Crippen LogP) is 3.59. The third kappa shape index (κ3) is 3.78. The number of hydrogen-bond acceptors (Lipinski definition) is 3. The third-order valence-corrected chi connectivity index (χ3v) is 5.32. The highest BCUT2D eigenvalue weighted by molar-refractivity contribution is 9.10. The van der Waals surface area contributed by atoms with Crippen molar-refractivity contribution >= 4 is 27.3 Å². The lowest BCUT2D eigenvalue weighted by molar-refractivity contribution is -0.0280. The van der Waals surface area contributed by atoms with Gasteiger partial charge in [0.15, 0.2) is 0 Å². The minimum Gasteiger partial charge on any atom is -0.378 e. The summed E-state index contributed by atoms with van der Waals surface area (Å²) in [7, 11) is 0. The van der Waals surface area contributed by atoms with E-state index in [0.29, 0.717) is 6.10 Å². The van der Waals surface area contributed by atoms with E-state index in [0.717, 1.165) is 25.4 Å². The Bertz CT molecular complexity index is 349. The largest absolute Gasteiger partial charge is 0.378 e. The van der Waals surface area contributed by atoms with E-state index in [4.69, 9.17) is 10.5 Å². The average molecular weight is 318 g/mol. The van der Waals surface area contributed by atoms with Gasteiger partial charge in [0.1, 0.15) is 0 Å². The molecule has 1 aromatic heterocycles. The zero-order valence-corrected chi connectivity index (χ0v) is 12.6. The van der Waals surface area contributed by atoms with Crippen LogP contribution in [0.4, 0.5) is 0 Å². The average Bonchev–Trinajstić information content (AvgIpc) is 2.61. The summed E-state index contributed by atoms with van der Waals surface area (Å²) in [4.78, 5) is 1.37. The first kappa shape index (κ1) is 13.5. The molecule has 0 amide bonds. The molecule has 1 unspecified atom stereocenters. The normalized spacial score (nSPS) is 25.6. The minimum absolute atomic E-state index is 0.289. The van der Waals surface area contributed by atoms with Crippen molar-refractivity contribution in [1.29, 1.82) is 0 Å². The lowest BCUT2D eigenvalue weighted by atomic mass is 9.78. The lowest BCUT2D eigenvalue weighted by Crippen LogP contribution is -2.36. The summed E-state index contributed by atoms with van der Waals surface area (Å²) in [5.41, 5.74) is 6.21. The van der Waals surface area contributed by atoms with Crippen LogP contribution < -0.4 is 5.73 Å². The van der Waals surface area contributed by atoms with Gasteiger partial charge < -0.3 is 10.5 Å². The van der Waals surface area contributed by atoms with Crippen molar-refractivity contribution in [3.63, 3.8) is 0 Å². The van der Waals surface area contributed by atoms with E-state index in [9.17, 15) is 0 Å². The summed E-state index contributed by atoms with van der Waals surface area (Å²) in [6.45, 7) is 2.90. The molecular formula is C13H20BrNOS. The van der Waals surface area contributed by atoms with Gasteiger partial charge in [-0.25, -0.2) is 0 Å². The standard InChI is InChI=1S/C13H20BrNOS/c1-2-16-11-6-9(7-11)5-10(15)8-13-12(14)3-4-17-13/h3-4,9-11H,2,5-8,15H2,1H3. The maximum absolute atomic E-state index is 6.21. The molecule has 1 aliphatic rings. The van der Waals surface area contributed by atoms with Gasteiger partial charge in [-0.05, 0) is 65.9 Å². The topological polar surface area (TPSA) is 35.2 Å². The van der Waals surface area contributed by atoms with Crippen molar-refractivity contribution < 1.29 is 4.74 Å². The van der Waals surface area contributed by atoms with Crippen molar-refractivity contribution in [1.82, 2.24) is 0 Å². The summed E-state index contributed by atoms with van der Waals surface area (Å²) in [5, 5.41) is 2.11. The molecule has 1 heterocycles. The first-order valence-electron chi connectivity index (χ1n) is 6.28. The van der Waals surface area contributed by atoms with Crippen LogP contribution in [-0.4, -0.2) is 18.8 Å². The maximum Gasteiger partial charge on any atom is 0.0580 e. The first-order chi connectivity index (χ1) is 8.19. The zero-order chi connectivity index (χ0) is 12.3. The highest BCUT2D eigenvalue weighted by Gasteiger charge is 2.30. The molecule has 4 heteroatoms. The van der Waals surface area contributed by atoms with E-state index >= 15 is 0 Å². The van der Waals surface area contributed by atoms with Crippen LogP contribution in [0.5, 0.6) is 0 Å². The molecule has 2 rings (SSSR count). The number of thiophene rings is 1. The van der Waals surface area contributed by atoms with Gasteiger partial charge in [0.05, 0.1) is 6.10 Å². The predicted molar refractivity (Wildman–Crippen MR) is 76.5 cm³/mol. The number of nitrogens with two attached hydrogens (primary N) is 1. The molecule has 0 saturated heterocycles. The molecule has 1 aromatic rings. The van der Waals surface area contributed by atoms with Crippen LogP contribution in [0, 0.1) is 5.92 Å². The molecular weight excluding hydrogens is 298 g/mol. The van der Waals surface area contributed by atoms with E-state index in [1.165, 1.54) is 22.2 Å². The van der Waals surface area contributed by atoms with Crippen LogP contribution in [-0.2, 0) is 11.2 Å². The summed E-state index contributed by atoms with van der Waals surface area (Å²) >= 11 is 5.34. The Kier molecular flexibility index (Phi) is 5.03. The van der Waals surface area contributed by atoms with Crippen LogP contribution in [0.1, 0.15) is 31.1 Å². The van der Waals surface area contributed by atoms with Crippen LogP contribution in [0.3, 0.4) is 0 Å². The summed E-state index contributed by atoms with van der Waals surface area (Å²) in [6, 6.07) is 2.39. The second-order valence-corrected chi connectivity index (χ2v) is 6.66. The second kappa shape index (κ2) is 6.32. The molecule has 0 radical (unpaired) electrons. The second-order valence-electron chi connectivity index (χ2n) is 4.81. The Hall–Kier alpha value is 0.100. The molecule has 1 aliphatic carbocycles. The monoisotopic (exact) mass is 317 g/mol. The van der Waals surface area contributed by atoms with Crippen LogP contribution in [0.15, 0.2) is 15.9 Å². The van der Waals surface area contributed by atoms with E-state index in [1.807, 2.05) is 0 Å². The maximum atomic E-state index is 6.21. The highest BCUT2D eigenvalue weighted by atomic mass is 79.9. The Morgan fingerprint density at radius 1 is 1.59 bits per heavy atom. The van der Waals surface area contributed by atoms with E-state index in [1.54, 1.807) is 11.3 Å². The van der Waals surface area contributed by atoms with Crippen molar-refractivity contribution in [2.75, 3.05) is 6.61 Å². The van der Waals surface area contributed by atoms with E-state index < -0.39 is 0 Å². The third-order valence-electron chi connectivity index (χ3n) is 3.37. The molecule has 0 bridgehead atoms. The van der Waals surface area contributed by atoms with Gasteiger partial charge in [-0.15, -0.1) is 11.3 Å². The van der Waals surface area contributed by atoms with Crippen molar-refractivity contribution in [3.8, 4) is 0 Å². The molecule has 1 fully saturated rings. The van der Waals surface area contributed by atoms with Gasteiger partial charge in [0.25, 0.3) is 0 Å². The van der Waals surface area contributed by atoms with Gasteiger partial charge in [-0.1, -0.05) is 0 Å². The molecule has 1 saturated carbocycles. The molecule has 1 atom stereocenters. The number of halogens is 1. The summed E-state index contributed by atoms with van der Waals surface area (Å²) in [5.74, 6) is 0.778. The highest BCUT2D eigenvalue weighted by Crippen LogP contribution is 2.34. The molecule has 2 N–H and O–H groups in total. The fourth-order valence-corrected chi connectivity index (χ4v) is 4.07. The fourth-order valence-electron chi connectivity index (χ4n) is 2.46. The Morgan fingerprint density at radius 3 is 2.94 bits per heavy atom. The SMILES string of the molecule is CCOC1CC(CC(N)Cc2sccc2Br)C1. The minimum atomic E-state index is 0.289. The molecule has 0 aliphatic heterocycles. The Balaban J connectivity index is 1.69. The smallest absolute Gasteiger partial charge is 0.0580 e. The quantitative estimate of drug-likeness (QED) is 0.870. The molecule has 0 spiro atoms. The zero-order valence-electron chi connectivity index (χ0n) is 10.2. The summed E-state index contributed by atoms with van der Waals surface area (Å²) in [6.07, 6.45) is 5.04. The van der Waals surface area contributed by atoms with Gasteiger partial charge in [-0.2, -0.15) is 0 Å². The molecule has 0 aromatic carbocycles. The van der Waals surface area contributed by atoms with Gasteiger partial charge >= 0.3 is 0 Å². The molecule has 17 heavy (non-hydrogen) atoms. The van der Waals surface area contributed by atoms with Gasteiger partial charge in [-0.3, -0.25) is 0 Å². The Morgan fingerprint density at radius 2 is 2.35 bits per heavy atom. The van der Waals surface area contributed by atoms with Crippen LogP contribution >= 0.6 is 27.3 Å². The van der Waals surface area contributed by atoms with Crippen LogP contribution in [0.25, 0.3) is 0 Å². The Labute approximate surface area is 116 Å². The molecule has 2 nitrogen and oxygen atoms in total. The van der Waals surface area contributed by atoms with Crippen molar-refractivity contribution in [2.24, 2.45) is 11.7 Å². The molecule has 96 valence electrons. The van der Waals surface area contributed by atoms with Gasteiger partial charge in [0.2, 0.25) is 0 Å². The van der Waals surface area contributed by atoms with Crippen molar-refractivity contribution in [3.05, 3.63) is 20.8 Å². The van der Waals surface area contributed by atoms with Gasteiger partial charge in [0, 0.05) is 22.0 Å². The fraction of sp³-hybridized carbons (Fsp3) is 0.692. The summed E-state index contributed by atoms with van der Waals surface area (Å²) < 4.78 is 6.78. The van der Waals surface area contributed by atoms with Crippen molar-refractivity contribution in [2.45, 2.75) is 44.8 Å². The van der Waals surface area contributed by atoms with E-state index in [-0.39, 0.29) is 6.04 Å². The number of rotatable bonds is 6. The van der Waals surface area contributed by atoms with E-state index in [2.05, 4.69) is 34.3 Å². The first-order valence-corrected chi connectivity index (χ1v) is 7.95. The van der Waals surface area contributed by atoms with Crippen LogP contribution in [0.2, 0.25) is 0 Å². The lowest BCUT2D eigenvalue weighted by Gasteiger charge is -2.36. The number of ether oxygens (including phenoxy) is 1.